The van der Waals surface area contributed by atoms with E-state index in [1.807, 2.05) is 19.1 Å². The molecule has 0 spiro atoms. The maximum atomic E-state index is 12.2. The molecule has 1 N–H and O–H groups in total. The molecule has 0 fully saturated rings. The maximum Gasteiger partial charge on any atom is 0.269 e. The second kappa shape index (κ2) is 8.56. The quantitative estimate of drug-likeness (QED) is 0.615. The van der Waals surface area contributed by atoms with E-state index < -0.39 is 0 Å². The van der Waals surface area contributed by atoms with Crippen LogP contribution in [0, 0.1) is 20.8 Å². The molecule has 0 unspecified atom stereocenters. The second-order valence-electron chi connectivity index (χ2n) is 6.46. The predicted molar refractivity (Wildman–Crippen MR) is 104 cm³/mol. The first kappa shape index (κ1) is 18.8. The van der Waals surface area contributed by atoms with Crippen molar-refractivity contribution in [2.45, 2.75) is 47.5 Å². The Morgan fingerprint density at radius 1 is 1.12 bits per heavy atom. The zero-order valence-corrected chi connectivity index (χ0v) is 15.8. The van der Waals surface area contributed by atoms with Crippen molar-refractivity contribution in [2.75, 3.05) is 6.54 Å². The summed E-state index contributed by atoms with van der Waals surface area (Å²) >= 11 is 0. The highest BCUT2D eigenvalue weighted by atomic mass is 16.1. The number of pyridine rings is 1. The number of hydrogen-bond acceptors (Lipinski definition) is 3. The van der Waals surface area contributed by atoms with Crippen molar-refractivity contribution in [3.63, 3.8) is 0 Å². The molecule has 4 heteroatoms. The third kappa shape index (κ3) is 4.99. The Kier molecular flexibility index (Phi) is 6.45. The van der Waals surface area contributed by atoms with Crippen LogP contribution in [-0.4, -0.2) is 23.1 Å². The van der Waals surface area contributed by atoms with E-state index in [0.717, 1.165) is 41.1 Å². The first-order chi connectivity index (χ1) is 11.9. The molecule has 4 nitrogen and oxygen atoms in total. The van der Waals surface area contributed by atoms with E-state index in [-0.39, 0.29) is 5.91 Å². The van der Waals surface area contributed by atoms with Crippen molar-refractivity contribution in [1.29, 1.82) is 0 Å². The smallest absolute Gasteiger partial charge is 0.269 e. The first-order valence-corrected chi connectivity index (χ1v) is 8.81. The summed E-state index contributed by atoms with van der Waals surface area (Å²) in [5, 5.41) is 2.90. The fourth-order valence-corrected chi connectivity index (χ4v) is 2.81. The van der Waals surface area contributed by atoms with Gasteiger partial charge in [0, 0.05) is 6.54 Å². The molecule has 0 bridgehead atoms. The number of aryl methyl sites for hydroxylation is 3. The number of nitrogens with zero attached hydrogens (tertiary/aromatic N) is 2. The molecule has 0 atom stereocenters. The van der Waals surface area contributed by atoms with Crippen LogP contribution in [0.4, 0.5) is 5.69 Å². The number of carbonyl (C=O) groups excluding carboxylic acids is 1. The highest BCUT2D eigenvalue weighted by Crippen LogP contribution is 2.25. The van der Waals surface area contributed by atoms with Crippen molar-refractivity contribution < 1.29 is 4.79 Å². The van der Waals surface area contributed by atoms with E-state index in [0.29, 0.717) is 12.2 Å². The van der Waals surface area contributed by atoms with Gasteiger partial charge in [-0.05, 0) is 57.4 Å². The molecule has 1 amide bonds. The van der Waals surface area contributed by atoms with E-state index in [4.69, 9.17) is 4.99 Å². The minimum atomic E-state index is -0.134. The largest absolute Gasteiger partial charge is 0.351 e. The second-order valence-corrected chi connectivity index (χ2v) is 6.46. The number of aromatic nitrogens is 1. The summed E-state index contributed by atoms with van der Waals surface area (Å²) in [5.41, 5.74) is 6.45. The number of nitrogens with one attached hydrogen (secondary N) is 1. The lowest BCUT2D eigenvalue weighted by molar-refractivity contribution is 0.0948. The molecule has 1 heterocycles. The first-order valence-electron chi connectivity index (χ1n) is 8.81. The molecule has 132 valence electrons. The van der Waals surface area contributed by atoms with E-state index in [1.54, 1.807) is 6.07 Å². The van der Waals surface area contributed by atoms with Crippen LogP contribution in [-0.2, 0) is 0 Å². The van der Waals surface area contributed by atoms with Crippen LogP contribution in [0.1, 0.15) is 59.6 Å². The standard InChI is InChI=1S/C21H27N3O/c1-6-7-11-22-21(25)19-10-8-9-18(24-19)17(5)23-20-15(3)12-14(2)13-16(20)4/h8-10,12-13H,6-7,11H2,1-5H3,(H,22,25). The molecule has 25 heavy (non-hydrogen) atoms. The van der Waals surface area contributed by atoms with Gasteiger partial charge in [-0.15, -0.1) is 0 Å². The molecule has 1 aromatic heterocycles. The predicted octanol–water partition coefficient (Wildman–Crippen LogP) is 4.68. The van der Waals surface area contributed by atoms with Crippen molar-refractivity contribution >= 4 is 17.3 Å². The Balaban J connectivity index is 2.27. The van der Waals surface area contributed by atoms with E-state index in [2.05, 4.69) is 50.1 Å². The van der Waals surface area contributed by atoms with Gasteiger partial charge in [0.2, 0.25) is 0 Å². The van der Waals surface area contributed by atoms with Gasteiger partial charge in [-0.25, -0.2) is 4.98 Å². The minimum Gasteiger partial charge on any atom is -0.351 e. The molecular formula is C21H27N3O. The topological polar surface area (TPSA) is 54.4 Å². The lowest BCUT2D eigenvalue weighted by Crippen LogP contribution is -2.25. The van der Waals surface area contributed by atoms with Crippen LogP contribution in [0.5, 0.6) is 0 Å². The lowest BCUT2D eigenvalue weighted by atomic mass is 10.1. The van der Waals surface area contributed by atoms with Crippen LogP contribution < -0.4 is 5.32 Å². The Morgan fingerprint density at radius 3 is 2.40 bits per heavy atom. The van der Waals surface area contributed by atoms with Gasteiger partial charge in [-0.3, -0.25) is 9.79 Å². The number of aliphatic imine (C=N–C) groups is 1. The summed E-state index contributed by atoms with van der Waals surface area (Å²) in [6.45, 7) is 10.9. The maximum absolute atomic E-state index is 12.2. The third-order valence-electron chi connectivity index (χ3n) is 4.08. The van der Waals surface area contributed by atoms with E-state index in [1.165, 1.54) is 5.56 Å². The van der Waals surface area contributed by atoms with Crippen molar-refractivity contribution in [3.05, 3.63) is 58.4 Å². The van der Waals surface area contributed by atoms with Gasteiger partial charge >= 0.3 is 0 Å². The normalized spacial score (nSPS) is 11.5. The molecule has 0 aliphatic heterocycles. The summed E-state index contributed by atoms with van der Waals surface area (Å²) < 4.78 is 0. The zero-order chi connectivity index (χ0) is 18.4. The molecule has 0 aliphatic rings. The molecule has 1 aromatic carbocycles. The number of amides is 1. The van der Waals surface area contributed by atoms with Crippen molar-refractivity contribution in [3.8, 4) is 0 Å². The fraction of sp³-hybridized carbons (Fsp3) is 0.381. The Morgan fingerprint density at radius 2 is 1.76 bits per heavy atom. The van der Waals surface area contributed by atoms with Gasteiger partial charge in [-0.2, -0.15) is 0 Å². The van der Waals surface area contributed by atoms with Gasteiger partial charge in [0.05, 0.1) is 17.1 Å². The highest BCUT2D eigenvalue weighted by molar-refractivity contribution is 6.00. The third-order valence-corrected chi connectivity index (χ3v) is 4.08. The Bertz CT molecular complexity index is 770. The van der Waals surface area contributed by atoms with Gasteiger partial charge in [0.1, 0.15) is 5.69 Å². The van der Waals surface area contributed by atoms with Gasteiger partial charge < -0.3 is 5.32 Å². The monoisotopic (exact) mass is 337 g/mol. The zero-order valence-electron chi connectivity index (χ0n) is 15.8. The van der Waals surface area contributed by atoms with Crippen LogP contribution >= 0.6 is 0 Å². The Labute approximate surface area is 150 Å². The average molecular weight is 337 g/mol. The van der Waals surface area contributed by atoms with Crippen LogP contribution in [0.15, 0.2) is 35.3 Å². The number of carbonyl (C=O) groups is 1. The number of unbranched alkanes of at least 4 members (excludes halogenated alkanes) is 1. The summed E-state index contributed by atoms with van der Waals surface area (Å²) in [7, 11) is 0. The van der Waals surface area contributed by atoms with E-state index in [9.17, 15) is 4.79 Å². The molecule has 0 saturated heterocycles. The fourth-order valence-electron chi connectivity index (χ4n) is 2.81. The SMILES string of the molecule is CCCCNC(=O)c1cccc(C(C)=Nc2c(C)cc(C)cc2C)n1. The Hall–Kier alpha value is -2.49. The average Bonchev–Trinajstić information content (AvgIpc) is 2.58. The summed E-state index contributed by atoms with van der Waals surface area (Å²) in [6.07, 6.45) is 2.02. The molecular weight excluding hydrogens is 310 g/mol. The summed E-state index contributed by atoms with van der Waals surface area (Å²) in [5.74, 6) is -0.134. The molecule has 2 aromatic rings. The van der Waals surface area contributed by atoms with Crippen molar-refractivity contribution in [1.82, 2.24) is 10.3 Å². The number of benzene rings is 1. The lowest BCUT2D eigenvalue weighted by Gasteiger charge is -2.09. The number of hydrogen-bond donors (Lipinski definition) is 1. The molecule has 0 radical (unpaired) electrons. The van der Waals surface area contributed by atoms with Gasteiger partial charge in [0.25, 0.3) is 5.91 Å². The van der Waals surface area contributed by atoms with Gasteiger partial charge in [-0.1, -0.05) is 37.1 Å². The van der Waals surface area contributed by atoms with Gasteiger partial charge in [0.15, 0.2) is 0 Å². The highest BCUT2D eigenvalue weighted by Gasteiger charge is 2.10. The molecule has 0 aliphatic carbocycles. The minimum absolute atomic E-state index is 0.134. The van der Waals surface area contributed by atoms with Crippen molar-refractivity contribution in [2.24, 2.45) is 4.99 Å². The van der Waals surface area contributed by atoms with E-state index >= 15 is 0 Å². The van der Waals surface area contributed by atoms with Crippen LogP contribution in [0.3, 0.4) is 0 Å². The number of rotatable bonds is 6. The molecule has 2 rings (SSSR count). The molecule has 0 saturated carbocycles. The van der Waals surface area contributed by atoms with Crippen LogP contribution in [0.25, 0.3) is 0 Å². The summed E-state index contributed by atoms with van der Waals surface area (Å²) in [6, 6.07) is 9.74. The summed E-state index contributed by atoms with van der Waals surface area (Å²) in [4.78, 5) is 21.4. The van der Waals surface area contributed by atoms with Crippen LogP contribution in [0.2, 0.25) is 0 Å².